The number of anilines is 1. The summed E-state index contributed by atoms with van der Waals surface area (Å²) in [5.41, 5.74) is 5.46. The molecule has 1 aromatic rings. The second kappa shape index (κ2) is 6.72. The molecule has 5 nitrogen and oxygen atoms in total. The van der Waals surface area contributed by atoms with Crippen LogP contribution in [-0.2, 0) is 9.53 Å². The van der Waals surface area contributed by atoms with Crippen molar-refractivity contribution >= 4 is 17.6 Å². The molecule has 0 atom stereocenters. The van der Waals surface area contributed by atoms with E-state index in [1.165, 1.54) is 17.0 Å². The number of carbonyl (C=O) groups is 2. The van der Waals surface area contributed by atoms with Crippen LogP contribution in [0.1, 0.15) is 23.2 Å². The van der Waals surface area contributed by atoms with Crippen LogP contribution in [0, 0.1) is 5.82 Å². The summed E-state index contributed by atoms with van der Waals surface area (Å²) < 4.78 is 18.3. The fourth-order valence-electron chi connectivity index (χ4n) is 1.39. The molecule has 2 N–H and O–H groups in total. The van der Waals surface area contributed by atoms with Gasteiger partial charge in [-0.1, -0.05) is 0 Å². The lowest BCUT2D eigenvalue weighted by atomic mass is 10.2. The molecule has 0 saturated carbocycles. The van der Waals surface area contributed by atoms with Gasteiger partial charge in [0.15, 0.2) is 0 Å². The standard InChI is InChI=1S/C13H17FN2O3/c1-16(2)12(17)4-3-7-19-13(18)10-6-5-9(15)8-11(10)14/h5-6,8H,3-4,7,15H2,1-2H3. The molecule has 6 heteroatoms. The van der Waals surface area contributed by atoms with Gasteiger partial charge in [0, 0.05) is 26.2 Å². The second-order valence-corrected chi connectivity index (χ2v) is 4.27. The van der Waals surface area contributed by atoms with E-state index in [1.54, 1.807) is 14.1 Å². The highest BCUT2D eigenvalue weighted by atomic mass is 19.1. The molecule has 1 amide bonds. The van der Waals surface area contributed by atoms with E-state index in [4.69, 9.17) is 10.5 Å². The maximum absolute atomic E-state index is 13.4. The molecule has 0 aromatic heterocycles. The third-order valence-corrected chi connectivity index (χ3v) is 2.48. The Morgan fingerprint density at radius 2 is 2.05 bits per heavy atom. The van der Waals surface area contributed by atoms with Crippen molar-refractivity contribution in [3.63, 3.8) is 0 Å². The highest BCUT2D eigenvalue weighted by Gasteiger charge is 2.13. The Kier molecular flexibility index (Phi) is 5.29. The van der Waals surface area contributed by atoms with Crippen molar-refractivity contribution in [1.82, 2.24) is 4.90 Å². The molecule has 0 saturated heterocycles. The lowest BCUT2D eigenvalue weighted by Gasteiger charge is -2.10. The van der Waals surface area contributed by atoms with E-state index in [-0.39, 0.29) is 30.2 Å². The first-order chi connectivity index (χ1) is 8.91. The van der Waals surface area contributed by atoms with Crippen LogP contribution >= 0.6 is 0 Å². The Hall–Kier alpha value is -2.11. The summed E-state index contributed by atoms with van der Waals surface area (Å²) in [6.45, 7) is 0.0717. The van der Waals surface area contributed by atoms with Crippen molar-refractivity contribution in [3.05, 3.63) is 29.6 Å². The first-order valence-electron chi connectivity index (χ1n) is 5.84. The summed E-state index contributed by atoms with van der Waals surface area (Å²) in [5.74, 6) is -1.51. The van der Waals surface area contributed by atoms with E-state index >= 15 is 0 Å². The van der Waals surface area contributed by atoms with Crippen LogP contribution in [0.15, 0.2) is 18.2 Å². The molecule has 0 fully saturated rings. The molecular weight excluding hydrogens is 251 g/mol. The maximum atomic E-state index is 13.4. The number of nitrogens with zero attached hydrogens (tertiary/aromatic N) is 1. The van der Waals surface area contributed by atoms with Gasteiger partial charge in [0.1, 0.15) is 5.82 Å². The number of ether oxygens (including phenoxy) is 1. The number of benzene rings is 1. The summed E-state index contributed by atoms with van der Waals surface area (Å²) in [4.78, 5) is 24.3. The number of halogens is 1. The largest absolute Gasteiger partial charge is 0.462 e. The molecule has 19 heavy (non-hydrogen) atoms. The predicted molar refractivity (Wildman–Crippen MR) is 69.0 cm³/mol. The molecule has 0 bridgehead atoms. The Labute approximate surface area is 111 Å². The van der Waals surface area contributed by atoms with Crippen LogP contribution in [0.3, 0.4) is 0 Å². The van der Waals surface area contributed by atoms with E-state index in [0.717, 1.165) is 6.07 Å². The van der Waals surface area contributed by atoms with E-state index in [0.29, 0.717) is 6.42 Å². The molecule has 0 spiro atoms. The van der Waals surface area contributed by atoms with Crippen molar-refractivity contribution in [2.75, 3.05) is 26.4 Å². The van der Waals surface area contributed by atoms with E-state index in [2.05, 4.69) is 0 Å². The number of carbonyl (C=O) groups excluding carboxylic acids is 2. The van der Waals surface area contributed by atoms with Crippen molar-refractivity contribution in [1.29, 1.82) is 0 Å². The molecule has 0 radical (unpaired) electrons. The number of nitrogens with two attached hydrogens (primary N) is 1. The smallest absolute Gasteiger partial charge is 0.341 e. The number of hydrogen-bond acceptors (Lipinski definition) is 4. The average molecular weight is 268 g/mol. The first kappa shape index (κ1) is 14.9. The Balaban J connectivity index is 2.41. The minimum atomic E-state index is -0.755. The third kappa shape index (κ3) is 4.57. The normalized spacial score (nSPS) is 10.1. The summed E-state index contributed by atoms with van der Waals surface area (Å²) in [6.07, 6.45) is 0.684. The van der Waals surface area contributed by atoms with Crippen LogP contribution < -0.4 is 5.73 Å². The topological polar surface area (TPSA) is 72.6 Å². The van der Waals surface area contributed by atoms with Gasteiger partial charge in [-0.05, 0) is 24.6 Å². The fourth-order valence-corrected chi connectivity index (χ4v) is 1.39. The summed E-state index contributed by atoms with van der Waals surface area (Å²) >= 11 is 0. The Morgan fingerprint density at radius 3 is 2.63 bits per heavy atom. The zero-order valence-electron chi connectivity index (χ0n) is 11.0. The number of hydrogen-bond donors (Lipinski definition) is 1. The molecule has 1 aromatic carbocycles. The molecular formula is C13H17FN2O3. The maximum Gasteiger partial charge on any atom is 0.341 e. The number of esters is 1. The van der Waals surface area contributed by atoms with Crippen LogP contribution in [0.5, 0.6) is 0 Å². The van der Waals surface area contributed by atoms with Gasteiger partial charge in [0.2, 0.25) is 5.91 Å². The zero-order chi connectivity index (χ0) is 14.4. The molecule has 0 aliphatic carbocycles. The van der Waals surface area contributed by atoms with E-state index in [9.17, 15) is 14.0 Å². The van der Waals surface area contributed by atoms with E-state index < -0.39 is 11.8 Å². The fraction of sp³-hybridized carbons (Fsp3) is 0.385. The van der Waals surface area contributed by atoms with Crippen molar-refractivity contribution in [3.8, 4) is 0 Å². The monoisotopic (exact) mass is 268 g/mol. The first-order valence-corrected chi connectivity index (χ1v) is 5.84. The lowest BCUT2D eigenvalue weighted by Crippen LogP contribution is -2.21. The molecule has 104 valence electrons. The van der Waals surface area contributed by atoms with Gasteiger partial charge in [-0.2, -0.15) is 0 Å². The van der Waals surface area contributed by atoms with Gasteiger partial charge in [-0.3, -0.25) is 4.79 Å². The molecule has 0 aliphatic rings. The number of nitrogen functional groups attached to an aromatic ring is 1. The van der Waals surface area contributed by atoms with Crippen LogP contribution in [-0.4, -0.2) is 37.5 Å². The number of amides is 1. The Morgan fingerprint density at radius 1 is 1.37 bits per heavy atom. The van der Waals surface area contributed by atoms with Crippen molar-refractivity contribution in [2.24, 2.45) is 0 Å². The highest BCUT2D eigenvalue weighted by molar-refractivity contribution is 5.90. The van der Waals surface area contributed by atoms with Crippen LogP contribution in [0.2, 0.25) is 0 Å². The molecule has 0 unspecified atom stereocenters. The summed E-state index contributed by atoms with van der Waals surface area (Å²) in [6, 6.07) is 3.76. The molecule has 0 heterocycles. The zero-order valence-corrected chi connectivity index (χ0v) is 11.0. The van der Waals surface area contributed by atoms with Crippen LogP contribution in [0.4, 0.5) is 10.1 Å². The average Bonchev–Trinajstić information content (AvgIpc) is 2.33. The predicted octanol–water partition coefficient (Wildman–Crippen LogP) is 1.43. The summed E-state index contributed by atoms with van der Waals surface area (Å²) in [7, 11) is 3.30. The quantitative estimate of drug-likeness (QED) is 0.498. The van der Waals surface area contributed by atoms with Gasteiger partial charge < -0.3 is 15.4 Å². The van der Waals surface area contributed by atoms with Gasteiger partial charge in [-0.15, -0.1) is 0 Å². The minimum Gasteiger partial charge on any atom is -0.462 e. The van der Waals surface area contributed by atoms with Crippen molar-refractivity contribution < 1.29 is 18.7 Å². The van der Waals surface area contributed by atoms with Gasteiger partial charge in [0.05, 0.1) is 12.2 Å². The Bertz CT molecular complexity index is 475. The highest BCUT2D eigenvalue weighted by Crippen LogP contribution is 2.13. The summed E-state index contributed by atoms with van der Waals surface area (Å²) in [5, 5.41) is 0. The van der Waals surface area contributed by atoms with Gasteiger partial charge >= 0.3 is 5.97 Å². The van der Waals surface area contributed by atoms with Gasteiger partial charge in [0.25, 0.3) is 0 Å². The minimum absolute atomic E-state index is 0.0466. The number of rotatable bonds is 5. The van der Waals surface area contributed by atoms with E-state index in [1.807, 2.05) is 0 Å². The molecule has 0 aliphatic heterocycles. The third-order valence-electron chi connectivity index (χ3n) is 2.48. The van der Waals surface area contributed by atoms with Crippen LogP contribution in [0.25, 0.3) is 0 Å². The lowest BCUT2D eigenvalue weighted by molar-refractivity contribution is -0.128. The van der Waals surface area contributed by atoms with Gasteiger partial charge in [-0.25, -0.2) is 9.18 Å². The van der Waals surface area contributed by atoms with Crippen molar-refractivity contribution in [2.45, 2.75) is 12.8 Å². The second-order valence-electron chi connectivity index (χ2n) is 4.27. The molecule has 1 rings (SSSR count). The SMILES string of the molecule is CN(C)C(=O)CCCOC(=O)c1ccc(N)cc1F.